The zero-order valence-corrected chi connectivity index (χ0v) is 8.94. The Labute approximate surface area is 85.4 Å². The zero-order chi connectivity index (χ0) is 9.84. The van der Waals surface area contributed by atoms with Crippen molar-refractivity contribution in [1.29, 1.82) is 0 Å². The van der Waals surface area contributed by atoms with Crippen molar-refractivity contribution in [2.45, 2.75) is 13.8 Å². The fourth-order valence-corrected chi connectivity index (χ4v) is 1.41. The lowest BCUT2D eigenvalue weighted by atomic mass is 10.1. The van der Waals surface area contributed by atoms with Gasteiger partial charge in [0.25, 0.3) is 0 Å². The highest BCUT2D eigenvalue weighted by Gasteiger charge is 1.94. The minimum Gasteiger partial charge on any atom is -0.143 e. The Kier molecular flexibility index (Phi) is 3.38. The van der Waals surface area contributed by atoms with Crippen LogP contribution in [-0.2, 0) is 0 Å². The average Bonchev–Trinajstić information content (AvgIpc) is 2.04. The van der Waals surface area contributed by atoms with Crippen molar-refractivity contribution in [2.75, 3.05) is 0 Å². The molecule has 1 rings (SSSR count). The van der Waals surface area contributed by atoms with Crippen molar-refractivity contribution in [1.82, 2.24) is 0 Å². The van der Waals surface area contributed by atoms with Gasteiger partial charge in [-0.25, -0.2) is 0 Å². The summed E-state index contributed by atoms with van der Waals surface area (Å²) in [5.41, 5.74) is 3.42. The second-order valence-corrected chi connectivity index (χ2v) is 3.72. The maximum absolute atomic E-state index is 4.39. The molecule has 0 spiro atoms. The second-order valence-electron chi connectivity index (χ2n) is 3.24. The standard InChI is InChI=1S/C12H14S/c1-9(2)8-12(13)11-6-4-10(3)5-7-11/h4-8,13H,1H2,2-3H3/b12-8-. The molecular formula is C12H14S. The predicted octanol–water partition coefficient (Wildman–Crippen LogP) is 3.84. The van der Waals surface area contributed by atoms with Gasteiger partial charge < -0.3 is 0 Å². The third-order valence-corrected chi connectivity index (χ3v) is 2.12. The Morgan fingerprint density at radius 2 is 1.85 bits per heavy atom. The molecule has 68 valence electrons. The molecule has 13 heavy (non-hydrogen) atoms. The van der Waals surface area contributed by atoms with Crippen LogP contribution >= 0.6 is 12.6 Å². The van der Waals surface area contributed by atoms with Crippen LogP contribution in [0.15, 0.2) is 42.5 Å². The van der Waals surface area contributed by atoms with E-state index >= 15 is 0 Å². The normalized spacial score (nSPS) is 11.5. The van der Waals surface area contributed by atoms with Gasteiger partial charge in [0.1, 0.15) is 0 Å². The van der Waals surface area contributed by atoms with Crippen LogP contribution < -0.4 is 0 Å². The lowest BCUT2D eigenvalue weighted by Gasteiger charge is -2.00. The lowest BCUT2D eigenvalue weighted by Crippen LogP contribution is -1.78. The zero-order valence-electron chi connectivity index (χ0n) is 8.04. The van der Waals surface area contributed by atoms with Gasteiger partial charge in [0.05, 0.1) is 0 Å². The monoisotopic (exact) mass is 190 g/mol. The van der Waals surface area contributed by atoms with Gasteiger partial charge in [-0.05, 0) is 25.5 Å². The molecule has 0 aliphatic carbocycles. The summed E-state index contributed by atoms with van der Waals surface area (Å²) in [7, 11) is 0. The van der Waals surface area contributed by atoms with E-state index in [9.17, 15) is 0 Å². The first-order chi connectivity index (χ1) is 6.09. The second kappa shape index (κ2) is 4.33. The highest BCUT2D eigenvalue weighted by Crippen LogP contribution is 2.19. The van der Waals surface area contributed by atoms with Crippen LogP contribution in [0.25, 0.3) is 4.91 Å². The van der Waals surface area contributed by atoms with Crippen molar-refractivity contribution in [2.24, 2.45) is 0 Å². The molecule has 0 fully saturated rings. The van der Waals surface area contributed by atoms with Crippen LogP contribution in [0.2, 0.25) is 0 Å². The largest absolute Gasteiger partial charge is 0.143 e. The van der Waals surface area contributed by atoms with Gasteiger partial charge in [-0.1, -0.05) is 42.0 Å². The number of hydrogen-bond acceptors (Lipinski definition) is 1. The van der Waals surface area contributed by atoms with Crippen LogP contribution in [0.4, 0.5) is 0 Å². The third kappa shape index (κ3) is 3.11. The Morgan fingerprint density at radius 1 is 1.31 bits per heavy atom. The third-order valence-electron chi connectivity index (χ3n) is 1.73. The molecular weight excluding hydrogens is 176 g/mol. The first-order valence-corrected chi connectivity index (χ1v) is 4.67. The van der Waals surface area contributed by atoms with Crippen molar-refractivity contribution < 1.29 is 0 Å². The van der Waals surface area contributed by atoms with Crippen molar-refractivity contribution in [3.05, 3.63) is 53.6 Å². The maximum Gasteiger partial charge on any atom is 0.0115 e. The van der Waals surface area contributed by atoms with E-state index < -0.39 is 0 Å². The lowest BCUT2D eigenvalue weighted by molar-refractivity contribution is 1.46. The van der Waals surface area contributed by atoms with Gasteiger partial charge >= 0.3 is 0 Å². The van der Waals surface area contributed by atoms with E-state index in [2.05, 4.69) is 50.4 Å². The molecule has 0 saturated carbocycles. The van der Waals surface area contributed by atoms with Crippen LogP contribution in [0.1, 0.15) is 18.1 Å². The SMILES string of the molecule is C=C(C)/C=C(\S)c1ccc(C)cc1. The average molecular weight is 190 g/mol. The van der Waals surface area contributed by atoms with E-state index in [0.717, 1.165) is 16.0 Å². The van der Waals surface area contributed by atoms with Gasteiger partial charge in [0.15, 0.2) is 0 Å². The molecule has 0 amide bonds. The molecule has 1 heteroatoms. The smallest absolute Gasteiger partial charge is 0.0115 e. The maximum atomic E-state index is 4.39. The molecule has 0 radical (unpaired) electrons. The molecule has 1 aromatic carbocycles. The number of thiol groups is 1. The number of hydrogen-bond donors (Lipinski definition) is 1. The fourth-order valence-electron chi connectivity index (χ4n) is 1.04. The molecule has 0 aliphatic heterocycles. The minimum absolute atomic E-state index is 0.965. The number of benzene rings is 1. The van der Waals surface area contributed by atoms with Crippen molar-refractivity contribution in [3.63, 3.8) is 0 Å². The molecule has 0 bridgehead atoms. The summed E-state index contributed by atoms with van der Waals surface area (Å²) < 4.78 is 0. The molecule has 0 aromatic heterocycles. The van der Waals surface area contributed by atoms with Crippen molar-refractivity contribution in [3.8, 4) is 0 Å². The highest BCUT2D eigenvalue weighted by atomic mass is 32.1. The molecule has 0 saturated heterocycles. The summed E-state index contributed by atoms with van der Waals surface area (Å²) in [5.74, 6) is 0. The van der Waals surface area contributed by atoms with E-state index in [0.29, 0.717) is 0 Å². The fraction of sp³-hybridized carbons (Fsp3) is 0.167. The number of aryl methyl sites for hydroxylation is 1. The summed E-state index contributed by atoms with van der Waals surface area (Å²) in [6.45, 7) is 7.85. The van der Waals surface area contributed by atoms with E-state index in [4.69, 9.17) is 0 Å². The van der Waals surface area contributed by atoms with E-state index in [1.807, 2.05) is 13.0 Å². The molecule has 0 aliphatic rings. The quantitative estimate of drug-likeness (QED) is 0.531. The van der Waals surface area contributed by atoms with Gasteiger partial charge in [-0.15, -0.1) is 12.6 Å². The number of allylic oxidation sites excluding steroid dienone is 2. The Hall–Kier alpha value is -0.950. The molecule has 0 N–H and O–H groups in total. The minimum atomic E-state index is 0.965. The summed E-state index contributed by atoms with van der Waals surface area (Å²) in [6, 6.07) is 8.30. The Balaban J connectivity index is 2.96. The predicted molar refractivity (Wildman–Crippen MR) is 63.0 cm³/mol. The van der Waals surface area contributed by atoms with Crippen molar-refractivity contribution >= 4 is 17.5 Å². The summed E-state index contributed by atoms with van der Waals surface area (Å²) in [6.07, 6.45) is 1.97. The topological polar surface area (TPSA) is 0 Å². The molecule has 0 unspecified atom stereocenters. The van der Waals surface area contributed by atoms with Crippen LogP contribution in [0, 0.1) is 6.92 Å². The Bertz CT molecular complexity index is 331. The molecule has 0 heterocycles. The molecule has 0 nitrogen and oxygen atoms in total. The van der Waals surface area contributed by atoms with Gasteiger partial charge in [-0.2, -0.15) is 0 Å². The van der Waals surface area contributed by atoms with E-state index in [1.54, 1.807) is 0 Å². The van der Waals surface area contributed by atoms with Crippen LogP contribution in [0.3, 0.4) is 0 Å². The molecule has 0 atom stereocenters. The summed E-state index contributed by atoms with van der Waals surface area (Å²) in [4.78, 5) is 0.965. The number of rotatable bonds is 2. The first kappa shape index (κ1) is 10.1. The summed E-state index contributed by atoms with van der Waals surface area (Å²) >= 11 is 4.39. The van der Waals surface area contributed by atoms with Gasteiger partial charge in [-0.3, -0.25) is 0 Å². The Morgan fingerprint density at radius 3 is 2.31 bits per heavy atom. The highest BCUT2D eigenvalue weighted by molar-refractivity contribution is 7.90. The molecule has 1 aromatic rings. The van der Waals surface area contributed by atoms with E-state index in [-0.39, 0.29) is 0 Å². The van der Waals surface area contributed by atoms with Gasteiger partial charge in [0, 0.05) is 4.91 Å². The first-order valence-electron chi connectivity index (χ1n) is 4.23. The van der Waals surface area contributed by atoms with Gasteiger partial charge in [0.2, 0.25) is 0 Å². The summed E-state index contributed by atoms with van der Waals surface area (Å²) in [5, 5.41) is 0. The van der Waals surface area contributed by atoms with Crippen LogP contribution in [-0.4, -0.2) is 0 Å². The van der Waals surface area contributed by atoms with Crippen LogP contribution in [0.5, 0.6) is 0 Å². The van der Waals surface area contributed by atoms with E-state index in [1.165, 1.54) is 5.56 Å².